The number of carboxylic acid groups (broad SMARTS) is 1. The van der Waals surface area contributed by atoms with Gasteiger partial charge < -0.3 is 10.0 Å². The largest absolute Gasteiger partial charge is 0.481 e. The van der Waals surface area contributed by atoms with E-state index in [1.54, 1.807) is 6.92 Å². The van der Waals surface area contributed by atoms with Crippen molar-refractivity contribution < 1.29 is 23.1 Å². The molecule has 18 heavy (non-hydrogen) atoms. The minimum atomic E-state index is -3.03. The molecule has 6 nitrogen and oxygen atoms in total. The number of carbonyl (C=O) groups is 2. The molecule has 1 amide bonds. The molecule has 1 aliphatic carbocycles. The van der Waals surface area contributed by atoms with E-state index >= 15 is 0 Å². The molecule has 1 aliphatic heterocycles. The van der Waals surface area contributed by atoms with Gasteiger partial charge in [-0.1, -0.05) is 0 Å². The highest BCUT2D eigenvalue weighted by molar-refractivity contribution is 7.91. The van der Waals surface area contributed by atoms with E-state index in [2.05, 4.69) is 0 Å². The van der Waals surface area contributed by atoms with Gasteiger partial charge >= 0.3 is 5.97 Å². The molecular weight excluding hydrogens is 258 g/mol. The van der Waals surface area contributed by atoms with Gasteiger partial charge in [0, 0.05) is 12.6 Å². The van der Waals surface area contributed by atoms with Crippen molar-refractivity contribution in [2.24, 2.45) is 11.8 Å². The van der Waals surface area contributed by atoms with E-state index in [9.17, 15) is 18.0 Å². The molecule has 0 aromatic rings. The zero-order valence-electron chi connectivity index (χ0n) is 10.2. The third-order valence-electron chi connectivity index (χ3n) is 3.70. The lowest BCUT2D eigenvalue weighted by molar-refractivity contribution is -0.142. The monoisotopic (exact) mass is 275 g/mol. The van der Waals surface area contributed by atoms with Crippen LogP contribution in [-0.4, -0.2) is 54.4 Å². The maximum Gasteiger partial charge on any atom is 0.307 e. The molecule has 3 atom stereocenters. The van der Waals surface area contributed by atoms with Crippen LogP contribution in [-0.2, 0) is 19.4 Å². The van der Waals surface area contributed by atoms with E-state index < -0.39 is 27.6 Å². The van der Waals surface area contributed by atoms with Gasteiger partial charge in [-0.3, -0.25) is 9.59 Å². The number of nitrogens with zero attached hydrogens (tertiary/aromatic N) is 1. The summed E-state index contributed by atoms with van der Waals surface area (Å²) in [6.07, 6.45) is 0.844. The molecule has 102 valence electrons. The van der Waals surface area contributed by atoms with E-state index in [0.717, 1.165) is 0 Å². The molecule has 0 aromatic carbocycles. The van der Waals surface area contributed by atoms with Crippen LogP contribution >= 0.6 is 0 Å². The fraction of sp³-hybridized carbons (Fsp3) is 0.818. The van der Waals surface area contributed by atoms with Crippen molar-refractivity contribution in [3.63, 3.8) is 0 Å². The van der Waals surface area contributed by atoms with Crippen LogP contribution in [0.4, 0.5) is 0 Å². The van der Waals surface area contributed by atoms with Gasteiger partial charge in [0.05, 0.1) is 23.3 Å². The van der Waals surface area contributed by atoms with Crippen LogP contribution in [0.1, 0.15) is 19.8 Å². The zero-order chi connectivity index (χ0) is 13.5. The third kappa shape index (κ3) is 2.50. The first-order valence-electron chi connectivity index (χ1n) is 6.09. The van der Waals surface area contributed by atoms with Crippen LogP contribution in [0, 0.1) is 11.8 Å². The van der Waals surface area contributed by atoms with E-state index in [4.69, 9.17) is 5.11 Å². The van der Waals surface area contributed by atoms with Crippen molar-refractivity contribution in [2.75, 3.05) is 18.1 Å². The van der Waals surface area contributed by atoms with E-state index in [1.165, 1.54) is 4.90 Å². The van der Waals surface area contributed by atoms with Crippen molar-refractivity contribution in [3.8, 4) is 0 Å². The molecule has 7 heteroatoms. The van der Waals surface area contributed by atoms with E-state index in [1.807, 2.05) is 0 Å². The first kappa shape index (κ1) is 13.3. The van der Waals surface area contributed by atoms with Gasteiger partial charge in [-0.25, -0.2) is 8.42 Å². The molecule has 2 fully saturated rings. The van der Waals surface area contributed by atoms with Gasteiger partial charge in [0.25, 0.3) is 0 Å². The molecule has 0 bridgehead atoms. The molecule has 1 saturated heterocycles. The second kappa shape index (κ2) is 4.53. The smallest absolute Gasteiger partial charge is 0.307 e. The van der Waals surface area contributed by atoms with Crippen molar-refractivity contribution >= 4 is 21.7 Å². The molecule has 0 radical (unpaired) electrons. The van der Waals surface area contributed by atoms with E-state index in [-0.39, 0.29) is 23.5 Å². The maximum atomic E-state index is 12.1. The van der Waals surface area contributed by atoms with Gasteiger partial charge in [-0.2, -0.15) is 0 Å². The summed E-state index contributed by atoms with van der Waals surface area (Å²) in [5.74, 6) is -2.04. The highest BCUT2D eigenvalue weighted by atomic mass is 32.2. The van der Waals surface area contributed by atoms with Crippen LogP contribution in [0.5, 0.6) is 0 Å². The number of hydrogen-bond donors (Lipinski definition) is 1. The summed E-state index contributed by atoms with van der Waals surface area (Å²) < 4.78 is 22.8. The van der Waals surface area contributed by atoms with Crippen molar-refractivity contribution in [1.29, 1.82) is 0 Å². The Morgan fingerprint density at radius 1 is 1.33 bits per heavy atom. The summed E-state index contributed by atoms with van der Waals surface area (Å²) in [5, 5.41) is 8.81. The highest BCUT2D eigenvalue weighted by Crippen LogP contribution is 2.40. The first-order valence-corrected chi connectivity index (χ1v) is 7.91. The van der Waals surface area contributed by atoms with Crippen molar-refractivity contribution in [2.45, 2.75) is 25.8 Å². The molecule has 0 aromatic heterocycles. The van der Waals surface area contributed by atoms with Crippen molar-refractivity contribution in [3.05, 3.63) is 0 Å². The number of aliphatic carboxylic acids is 1. The second-order valence-corrected chi connectivity index (χ2v) is 7.20. The number of rotatable bonds is 4. The number of hydrogen-bond acceptors (Lipinski definition) is 4. The number of carboxylic acids is 1. The van der Waals surface area contributed by atoms with Crippen LogP contribution in [0.25, 0.3) is 0 Å². The van der Waals surface area contributed by atoms with Crippen LogP contribution in [0.15, 0.2) is 0 Å². The molecule has 2 rings (SSSR count). The highest BCUT2D eigenvalue weighted by Gasteiger charge is 2.51. The average Bonchev–Trinajstić information content (AvgIpc) is 3.00. The fourth-order valence-electron chi connectivity index (χ4n) is 2.57. The standard InChI is InChI=1S/C11H17NO5S/c1-2-12(7-3-4-18(16,17)6-7)10(13)8-5-9(8)11(14)15/h7-9H,2-6H2,1H3,(H,14,15)/t7?,8-,9+/m1/s1. The van der Waals surface area contributed by atoms with E-state index in [0.29, 0.717) is 19.4 Å². The van der Waals surface area contributed by atoms with Crippen LogP contribution in [0.2, 0.25) is 0 Å². The molecular formula is C11H17NO5S. The lowest BCUT2D eigenvalue weighted by Gasteiger charge is -2.27. The molecule has 1 saturated carbocycles. The zero-order valence-corrected chi connectivity index (χ0v) is 11.0. The Hall–Kier alpha value is -1.11. The summed E-state index contributed by atoms with van der Waals surface area (Å²) in [4.78, 5) is 24.4. The summed E-state index contributed by atoms with van der Waals surface area (Å²) >= 11 is 0. The quantitative estimate of drug-likeness (QED) is 0.763. The van der Waals surface area contributed by atoms with Crippen molar-refractivity contribution in [1.82, 2.24) is 4.90 Å². The van der Waals surface area contributed by atoms with Gasteiger partial charge in [-0.05, 0) is 19.8 Å². The Morgan fingerprint density at radius 2 is 2.00 bits per heavy atom. The topological polar surface area (TPSA) is 91.8 Å². The first-order chi connectivity index (χ1) is 8.35. The SMILES string of the molecule is CCN(C(=O)[C@@H]1C[C@@H]1C(=O)O)C1CCS(=O)(=O)C1. The predicted octanol–water partition coefficient (Wildman–Crippen LogP) is -0.257. The predicted molar refractivity (Wildman–Crippen MR) is 63.7 cm³/mol. The second-order valence-electron chi connectivity index (χ2n) is 4.97. The lowest BCUT2D eigenvalue weighted by Crippen LogP contribution is -2.42. The molecule has 2 aliphatic rings. The number of carbonyl (C=O) groups excluding carboxylic acids is 1. The summed E-state index contributed by atoms with van der Waals surface area (Å²) in [5.41, 5.74) is 0. The van der Waals surface area contributed by atoms with Gasteiger partial charge in [0.1, 0.15) is 0 Å². The minimum absolute atomic E-state index is 0.0110. The maximum absolute atomic E-state index is 12.1. The van der Waals surface area contributed by atoms with Crippen LogP contribution < -0.4 is 0 Å². The molecule has 1 unspecified atom stereocenters. The minimum Gasteiger partial charge on any atom is -0.481 e. The lowest BCUT2D eigenvalue weighted by atomic mass is 10.2. The summed E-state index contributed by atoms with van der Waals surface area (Å²) in [6, 6.07) is -0.275. The summed E-state index contributed by atoms with van der Waals surface area (Å²) in [6.45, 7) is 2.23. The Bertz CT molecular complexity index is 472. The Labute approximate surface area is 106 Å². The molecule has 1 heterocycles. The molecule has 0 spiro atoms. The fourth-order valence-corrected chi connectivity index (χ4v) is 4.30. The normalized spacial score (nSPS) is 33.1. The summed E-state index contributed by atoms with van der Waals surface area (Å²) in [7, 11) is -3.03. The average molecular weight is 275 g/mol. The number of sulfone groups is 1. The van der Waals surface area contributed by atoms with Gasteiger partial charge in [-0.15, -0.1) is 0 Å². The van der Waals surface area contributed by atoms with Crippen LogP contribution in [0.3, 0.4) is 0 Å². The number of amides is 1. The van der Waals surface area contributed by atoms with Gasteiger partial charge in [0.15, 0.2) is 9.84 Å². The Morgan fingerprint density at radius 3 is 2.39 bits per heavy atom. The van der Waals surface area contributed by atoms with Gasteiger partial charge in [0.2, 0.25) is 5.91 Å². The Kier molecular flexibility index (Phi) is 3.35. The third-order valence-corrected chi connectivity index (χ3v) is 5.45. The molecule has 1 N–H and O–H groups in total. The Balaban J connectivity index is 2.02.